The fraction of sp³-hybridized carbons (Fsp3) is 0.333. The highest BCUT2D eigenvalue weighted by Crippen LogP contribution is 2.17. The quantitative estimate of drug-likeness (QED) is 0.722. The number of hydrogen-bond acceptors (Lipinski definition) is 7. The number of amides is 3. The number of furan rings is 1. The highest BCUT2D eigenvalue weighted by molar-refractivity contribution is 9.10. The van der Waals surface area contributed by atoms with Gasteiger partial charge in [-0.15, -0.1) is 0 Å². The molecule has 0 spiro atoms. The van der Waals surface area contributed by atoms with Crippen LogP contribution in [-0.4, -0.2) is 53.4 Å². The van der Waals surface area contributed by atoms with Gasteiger partial charge in [0.2, 0.25) is 11.7 Å². The van der Waals surface area contributed by atoms with Gasteiger partial charge in [-0.3, -0.25) is 19.3 Å². The maximum Gasteiger partial charge on any atom is 0.374 e. The highest BCUT2D eigenvalue weighted by atomic mass is 79.9. The van der Waals surface area contributed by atoms with Crippen LogP contribution in [0.15, 0.2) is 21.2 Å². The van der Waals surface area contributed by atoms with Crippen molar-refractivity contribution in [3.63, 3.8) is 0 Å². The molecule has 2 rings (SSSR count). The SMILES string of the molecule is O=C(COC(=O)c1ccc(Br)o1)NCCN1C(=O)CSC1=O. The summed E-state index contributed by atoms with van der Waals surface area (Å²) in [6.45, 7) is -0.288. The van der Waals surface area contributed by atoms with Crippen LogP contribution in [0.4, 0.5) is 4.79 Å². The van der Waals surface area contributed by atoms with Gasteiger partial charge in [0, 0.05) is 13.1 Å². The molecule has 0 atom stereocenters. The summed E-state index contributed by atoms with van der Waals surface area (Å²) in [5.41, 5.74) is 0. The number of carbonyl (C=O) groups excluding carboxylic acids is 4. The second-order valence-electron chi connectivity index (χ2n) is 4.13. The zero-order chi connectivity index (χ0) is 16.1. The average molecular weight is 391 g/mol. The first-order valence-electron chi connectivity index (χ1n) is 6.13. The van der Waals surface area contributed by atoms with Gasteiger partial charge in [0.1, 0.15) is 0 Å². The summed E-state index contributed by atoms with van der Waals surface area (Å²) in [6.07, 6.45) is 0. The van der Waals surface area contributed by atoms with E-state index in [4.69, 9.17) is 9.15 Å². The predicted octanol–water partition coefficient (Wildman–Crippen LogP) is 1.01. The van der Waals surface area contributed by atoms with Crippen LogP contribution in [0.25, 0.3) is 0 Å². The van der Waals surface area contributed by atoms with Crippen molar-refractivity contribution in [1.82, 2.24) is 10.2 Å². The molecule has 22 heavy (non-hydrogen) atoms. The first kappa shape index (κ1) is 16.6. The molecule has 0 bridgehead atoms. The maximum atomic E-state index is 11.5. The Labute approximate surface area is 137 Å². The number of ether oxygens (including phenoxy) is 1. The van der Waals surface area contributed by atoms with Crippen molar-refractivity contribution in [2.75, 3.05) is 25.4 Å². The van der Waals surface area contributed by atoms with E-state index in [-0.39, 0.29) is 35.7 Å². The Bertz CT molecular complexity index is 601. The van der Waals surface area contributed by atoms with Gasteiger partial charge in [0.05, 0.1) is 5.75 Å². The van der Waals surface area contributed by atoms with Gasteiger partial charge < -0.3 is 14.5 Å². The number of nitrogens with zero attached hydrogens (tertiary/aromatic N) is 1. The standard InChI is InChI=1S/C12H11BrN2O6S/c13-8-2-1-7(21-8)11(18)20-5-9(16)14-3-4-15-10(17)6-22-12(15)19/h1-2H,3-6H2,(H,14,16). The van der Waals surface area contributed by atoms with Gasteiger partial charge in [0.15, 0.2) is 11.3 Å². The summed E-state index contributed by atoms with van der Waals surface area (Å²) in [5, 5.41) is 2.13. The molecule has 10 heteroatoms. The number of hydrogen-bond donors (Lipinski definition) is 1. The lowest BCUT2D eigenvalue weighted by Crippen LogP contribution is -2.38. The summed E-state index contributed by atoms with van der Waals surface area (Å²) in [6, 6.07) is 2.94. The minimum atomic E-state index is -0.762. The second kappa shape index (κ2) is 7.45. The van der Waals surface area contributed by atoms with E-state index in [2.05, 4.69) is 21.2 Å². The van der Waals surface area contributed by atoms with E-state index in [1.54, 1.807) is 0 Å². The zero-order valence-electron chi connectivity index (χ0n) is 11.2. The highest BCUT2D eigenvalue weighted by Gasteiger charge is 2.29. The van der Waals surface area contributed by atoms with Crippen LogP contribution < -0.4 is 5.32 Å². The van der Waals surface area contributed by atoms with Gasteiger partial charge in [-0.1, -0.05) is 11.8 Å². The molecule has 0 unspecified atom stereocenters. The summed E-state index contributed by atoms with van der Waals surface area (Å²) >= 11 is 3.97. The van der Waals surface area contributed by atoms with Crippen LogP contribution in [-0.2, 0) is 14.3 Å². The normalized spacial score (nSPS) is 14.3. The average Bonchev–Trinajstić information content (AvgIpc) is 3.05. The minimum absolute atomic E-state index is 0.0232. The molecule has 1 aromatic rings. The third-order valence-corrected chi connectivity index (χ3v) is 3.89. The fourth-order valence-electron chi connectivity index (χ4n) is 1.58. The Hall–Kier alpha value is -1.81. The lowest BCUT2D eigenvalue weighted by atomic mass is 10.4. The van der Waals surface area contributed by atoms with Crippen molar-refractivity contribution >= 4 is 50.7 Å². The van der Waals surface area contributed by atoms with Crippen LogP contribution in [0.5, 0.6) is 0 Å². The molecule has 1 aromatic heterocycles. The maximum absolute atomic E-state index is 11.5. The van der Waals surface area contributed by atoms with Crippen molar-refractivity contribution in [3.8, 4) is 0 Å². The third kappa shape index (κ3) is 4.34. The van der Waals surface area contributed by atoms with Crippen molar-refractivity contribution in [2.45, 2.75) is 0 Å². The Morgan fingerprint density at radius 1 is 1.41 bits per heavy atom. The Kier molecular flexibility index (Phi) is 5.61. The number of nitrogens with one attached hydrogen (secondary N) is 1. The van der Waals surface area contributed by atoms with Crippen molar-refractivity contribution < 1.29 is 28.3 Å². The fourth-order valence-corrected chi connectivity index (χ4v) is 2.64. The van der Waals surface area contributed by atoms with Crippen molar-refractivity contribution in [3.05, 3.63) is 22.6 Å². The lowest BCUT2D eigenvalue weighted by molar-refractivity contribution is -0.126. The number of rotatable bonds is 6. The second-order valence-corrected chi connectivity index (χ2v) is 5.84. The van der Waals surface area contributed by atoms with Crippen LogP contribution in [0.2, 0.25) is 0 Å². The van der Waals surface area contributed by atoms with E-state index in [9.17, 15) is 19.2 Å². The van der Waals surface area contributed by atoms with Gasteiger partial charge in [-0.2, -0.15) is 0 Å². The van der Waals surface area contributed by atoms with Gasteiger partial charge in [0.25, 0.3) is 11.1 Å². The third-order valence-electron chi connectivity index (χ3n) is 2.61. The number of carbonyl (C=O) groups is 4. The first-order valence-corrected chi connectivity index (χ1v) is 7.91. The predicted molar refractivity (Wildman–Crippen MR) is 79.3 cm³/mol. The number of imide groups is 1. The molecule has 118 valence electrons. The molecule has 0 saturated carbocycles. The molecule has 1 fully saturated rings. The minimum Gasteiger partial charge on any atom is -0.450 e. The molecule has 0 radical (unpaired) electrons. The van der Waals surface area contributed by atoms with Crippen LogP contribution in [0.1, 0.15) is 10.6 Å². The first-order chi connectivity index (χ1) is 10.5. The van der Waals surface area contributed by atoms with Gasteiger partial charge in [-0.05, 0) is 28.1 Å². The van der Waals surface area contributed by atoms with Crippen LogP contribution in [0, 0.1) is 0 Å². The Morgan fingerprint density at radius 2 is 2.18 bits per heavy atom. The smallest absolute Gasteiger partial charge is 0.374 e. The molecular formula is C12H11BrN2O6S. The monoisotopic (exact) mass is 390 g/mol. The van der Waals surface area contributed by atoms with E-state index < -0.39 is 18.5 Å². The Morgan fingerprint density at radius 3 is 2.77 bits per heavy atom. The molecule has 8 nitrogen and oxygen atoms in total. The molecule has 0 aliphatic carbocycles. The Balaban J connectivity index is 1.67. The molecule has 2 heterocycles. The van der Waals surface area contributed by atoms with Crippen LogP contribution in [0.3, 0.4) is 0 Å². The van der Waals surface area contributed by atoms with Gasteiger partial charge >= 0.3 is 5.97 Å². The number of halogens is 1. The molecule has 1 aliphatic rings. The summed E-state index contributed by atoms with van der Waals surface area (Å²) in [5.74, 6) is -1.47. The number of thioether (sulfide) groups is 1. The lowest BCUT2D eigenvalue weighted by Gasteiger charge is -2.12. The molecule has 1 saturated heterocycles. The summed E-state index contributed by atoms with van der Waals surface area (Å²) < 4.78 is 10.1. The number of esters is 1. The molecule has 1 N–H and O–H groups in total. The van der Waals surface area contributed by atoms with Gasteiger partial charge in [-0.25, -0.2) is 4.79 Å². The topological polar surface area (TPSA) is 106 Å². The van der Waals surface area contributed by atoms with E-state index in [1.165, 1.54) is 12.1 Å². The van der Waals surface area contributed by atoms with E-state index in [0.717, 1.165) is 16.7 Å². The molecule has 0 aromatic carbocycles. The van der Waals surface area contributed by atoms with Crippen molar-refractivity contribution in [2.24, 2.45) is 0 Å². The molecule has 1 aliphatic heterocycles. The summed E-state index contributed by atoms with van der Waals surface area (Å²) in [4.78, 5) is 46.7. The summed E-state index contributed by atoms with van der Waals surface area (Å²) in [7, 11) is 0. The van der Waals surface area contributed by atoms with E-state index in [1.807, 2.05) is 0 Å². The molecular weight excluding hydrogens is 380 g/mol. The molecule has 3 amide bonds. The van der Waals surface area contributed by atoms with E-state index >= 15 is 0 Å². The van der Waals surface area contributed by atoms with E-state index in [0.29, 0.717) is 4.67 Å². The largest absolute Gasteiger partial charge is 0.450 e. The van der Waals surface area contributed by atoms with Crippen LogP contribution >= 0.6 is 27.7 Å². The van der Waals surface area contributed by atoms with Crippen molar-refractivity contribution in [1.29, 1.82) is 0 Å². The zero-order valence-corrected chi connectivity index (χ0v) is 13.6.